The lowest BCUT2D eigenvalue weighted by atomic mass is 9.95. The number of nitrogens with zero attached hydrogens (tertiary/aromatic N) is 2. The number of aryl methyl sites for hydroxylation is 1. The molecule has 2 aliphatic rings. The van der Waals surface area contributed by atoms with E-state index in [0.717, 1.165) is 63.0 Å². The molecule has 3 rings (SSSR count). The summed E-state index contributed by atoms with van der Waals surface area (Å²) >= 11 is 0. The Morgan fingerprint density at radius 2 is 2.07 bits per heavy atom. The second-order valence-electron chi connectivity index (χ2n) is 8.72. The number of benzene rings is 1. The number of amides is 2. The molecule has 148 valence electrons. The van der Waals surface area contributed by atoms with Crippen molar-refractivity contribution in [3.05, 3.63) is 35.4 Å². The monoisotopic (exact) mass is 372 g/mol. The van der Waals surface area contributed by atoms with Gasteiger partial charge in [0.25, 0.3) is 5.91 Å². The maximum Gasteiger partial charge on any atom is 0.253 e. The van der Waals surface area contributed by atoms with Crippen molar-refractivity contribution in [3.63, 3.8) is 0 Å². The van der Waals surface area contributed by atoms with Gasteiger partial charge in [-0.25, -0.2) is 0 Å². The van der Waals surface area contributed by atoms with Crippen molar-refractivity contribution in [2.45, 2.75) is 58.0 Å². The molecule has 2 aliphatic heterocycles. The minimum atomic E-state index is -0.701. The van der Waals surface area contributed by atoms with Crippen molar-refractivity contribution in [1.82, 2.24) is 9.80 Å². The summed E-state index contributed by atoms with van der Waals surface area (Å²) in [6.07, 6.45) is 5.14. The molecule has 1 atom stereocenters. The Balaban J connectivity index is 1.60. The highest BCUT2D eigenvalue weighted by Gasteiger charge is 2.29. The van der Waals surface area contributed by atoms with E-state index in [2.05, 4.69) is 0 Å². The van der Waals surface area contributed by atoms with Gasteiger partial charge in [0.1, 0.15) is 0 Å². The summed E-state index contributed by atoms with van der Waals surface area (Å²) in [5.41, 5.74) is 1.10. The molecule has 2 fully saturated rings. The molecule has 0 aliphatic carbocycles. The predicted octanol–water partition coefficient (Wildman–Crippen LogP) is 2.86. The normalized spacial score (nSPS) is 21.0. The number of piperidine rings is 1. The van der Waals surface area contributed by atoms with E-state index < -0.39 is 5.60 Å². The Bertz CT molecular complexity index is 680. The third-order valence-corrected chi connectivity index (χ3v) is 5.66. The highest BCUT2D eigenvalue weighted by molar-refractivity contribution is 5.94. The first-order chi connectivity index (χ1) is 12.8. The van der Waals surface area contributed by atoms with Crippen molar-refractivity contribution in [2.24, 2.45) is 5.92 Å². The van der Waals surface area contributed by atoms with Gasteiger partial charge < -0.3 is 14.9 Å². The number of carbonyl (C=O) groups is 2. The molecule has 1 aromatic carbocycles. The van der Waals surface area contributed by atoms with Gasteiger partial charge in [-0.05, 0) is 69.6 Å². The van der Waals surface area contributed by atoms with Crippen LogP contribution in [0.2, 0.25) is 0 Å². The predicted molar refractivity (Wildman–Crippen MR) is 106 cm³/mol. The minimum Gasteiger partial charge on any atom is -0.390 e. The summed E-state index contributed by atoms with van der Waals surface area (Å²) in [4.78, 5) is 28.8. The van der Waals surface area contributed by atoms with Gasteiger partial charge in [-0.15, -0.1) is 0 Å². The van der Waals surface area contributed by atoms with Crippen LogP contribution in [0.5, 0.6) is 0 Å². The lowest BCUT2D eigenvalue weighted by Crippen LogP contribution is -2.44. The standard InChI is InChI=1S/C22H32N2O3/c1-22(2,27)11-10-17-6-3-8-19(14-17)21(26)24-13-4-7-18(16-24)15-23-12-5-9-20(23)25/h3,6,8,14,18,27H,4-5,7,9-13,15-16H2,1-2H3/t18-/m0/s1. The van der Waals surface area contributed by atoms with E-state index in [0.29, 0.717) is 18.8 Å². The van der Waals surface area contributed by atoms with Gasteiger partial charge in [0, 0.05) is 38.2 Å². The Hall–Kier alpha value is -1.88. The molecule has 2 heterocycles. The summed E-state index contributed by atoms with van der Waals surface area (Å²) in [6, 6.07) is 7.78. The van der Waals surface area contributed by atoms with Crippen molar-refractivity contribution in [1.29, 1.82) is 0 Å². The molecule has 1 N–H and O–H groups in total. The van der Waals surface area contributed by atoms with E-state index >= 15 is 0 Å². The first-order valence-electron chi connectivity index (χ1n) is 10.2. The molecule has 0 saturated carbocycles. The van der Waals surface area contributed by atoms with Gasteiger partial charge >= 0.3 is 0 Å². The van der Waals surface area contributed by atoms with Gasteiger partial charge in [0.15, 0.2) is 0 Å². The van der Waals surface area contributed by atoms with Crippen molar-refractivity contribution < 1.29 is 14.7 Å². The van der Waals surface area contributed by atoms with Gasteiger partial charge in [-0.1, -0.05) is 12.1 Å². The van der Waals surface area contributed by atoms with Gasteiger partial charge in [0.05, 0.1) is 5.60 Å². The molecule has 27 heavy (non-hydrogen) atoms. The summed E-state index contributed by atoms with van der Waals surface area (Å²) < 4.78 is 0. The maximum atomic E-state index is 13.0. The van der Waals surface area contributed by atoms with E-state index in [1.54, 1.807) is 13.8 Å². The second-order valence-corrected chi connectivity index (χ2v) is 8.72. The second kappa shape index (κ2) is 8.42. The van der Waals surface area contributed by atoms with Crippen LogP contribution in [0.1, 0.15) is 61.9 Å². The van der Waals surface area contributed by atoms with Crippen LogP contribution in [0, 0.1) is 5.92 Å². The number of aliphatic hydroxyl groups is 1. The smallest absolute Gasteiger partial charge is 0.253 e. The average Bonchev–Trinajstić information content (AvgIpc) is 3.04. The van der Waals surface area contributed by atoms with E-state index in [4.69, 9.17) is 0 Å². The van der Waals surface area contributed by atoms with Crippen LogP contribution in [0.4, 0.5) is 0 Å². The Morgan fingerprint density at radius 1 is 1.26 bits per heavy atom. The van der Waals surface area contributed by atoms with Crippen molar-refractivity contribution >= 4 is 11.8 Å². The Labute approximate surface area is 162 Å². The highest BCUT2D eigenvalue weighted by Crippen LogP contribution is 2.22. The lowest BCUT2D eigenvalue weighted by molar-refractivity contribution is -0.128. The van der Waals surface area contributed by atoms with E-state index in [-0.39, 0.29) is 11.8 Å². The Morgan fingerprint density at radius 3 is 2.78 bits per heavy atom. The number of rotatable bonds is 6. The number of hydrogen-bond acceptors (Lipinski definition) is 3. The van der Waals surface area contributed by atoms with Crippen LogP contribution in [0.25, 0.3) is 0 Å². The van der Waals surface area contributed by atoms with Crippen LogP contribution in [0.15, 0.2) is 24.3 Å². The average molecular weight is 373 g/mol. The van der Waals surface area contributed by atoms with Crippen LogP contribution in [-0.2, 0) is 11.2 Å². The first kappa shape index (κ1) is 19.9. The van der Waals surface area contributed by atoms with Crippen molar-refractivity contribution in [2.75, 3.05) is 26.2 Å². The third kappa shape index (κ3) is 5.55. The van der Waals surface area contributed by atoms with E-state index in [1.807, 2.05) is 34.1 Å². The van der Waals surface area contributed by atoms with Crippen LogP contribution < -0.4 is 0 Å². The maximum absolute atomic E-state index is 13.0. The van der Waals surface area contributed by atoms with Crippen LogP contribution >= 0.6 is 0 Å². The molecule has 0 radical (unpaired) electrons. The summed E-state index contributed by atoms with van der Waals surface area (Å²) in [6.45, 7) is 6.79. The molecular weight excluding hydrogens is 340 g/mol. The number of likely N-dealkylation sites (tertiary alicyclic amines) is 2. The number of carbonyl (C=O) groups excluding carboxylic acids is 2. The fraction of sp³-hybridized carbons (Fsp3) is 0.636. The Kier molecular flexibility index (Phi) is 6.20. The van der Waals surface area contributed by atoms with Crippen molar-refractivity contribution in [3.8, 4) is 0 Å². The van der Waals surface area contributed by atoms with Crippen LogP contribution in [0.3, 0.4) is 0 Å². The number of hydrogen-bond donors (Lipinski definition) is 1. The fourth-order valence-corrected chi connectivity index (χ4v) is 4.10. The minimum absolute atomic E-state index is 0.0811. The molecule has 0 spiro atoms. The SMILES string of the molecule is CC(C)(O)CCc1cccc(C(=O)N2CCC[C@@H](CN3CCCC3=O)C2)c1. The molecule has 0 unspecified atom stereocenters. The van der Waals surface area contributed by atoms with Crippen LogP contribution in [-0.4, -0.2) is 58.5 Å². The molecule has 0 aromatic heterocycles. The largest absolute Gasteiger partial charge is 0.390 e. The quantitative estimate of drug-likeness (QED) is 0.835. The summed E-state index contributed by atoms with van der Waals surface area (Å²) in [5.74, 6) is 0.721. The molecule has 2 saturated heterocycles. The zero-order valence-electron chi connectivity index (χ0n) is 16.6. The van der Waals surface area contributed by atoms with Gasteiger partial charge in [-0.3, -0.25) is 9.59 Å². The molecule has 0 bridgehead atoms. The fourth-order valence-electron chi connectivity index (χ4n) is 4.10. The molecule has 5 nitrogen and oxygen atoms in total. The van der Waals surface area contributed by atoms with E-state index in [9.17, 15) is 14.7 Å². The first-order valence-corrected chi connectivity index (χ1v) is 10.2. The zero-order chi connectivity index (χ0) is 19.4. The topological polar surface area (TPSA) is 60.9 Å². The molecule has 2 amide bonds. The molecule has 5 heteroatoms. The van der Waals surface area contributed by atoms with Gasteiger partial charge in [0.2, 0.25) is 5.91 Å². The lowest BCUT2D eigenvalue weighted by Gasteiger charge is -2.34. The highest BCUT2D eigenvalue weighted by atomic mass is 16.3. The molecular formula is C22H32N2O3. The summed E-state index contributed by atoms with van der Waals surface area (Å²) in [5, 5.41) is 9.92. The van der Waals surface area contributed by atoms with E-state index in [1.165, 1.54) is 0 Å². The zero-order valence-corrected chi connectivity index (χ0v) is 16.6. The van der Waals surface area contributed by atoms with Gasteiger partial charge in [-0.2, -0.15) is 0 Å². The summed E-state index contributed by atoms with van der Waals surface area (Å²) in [7, 11) is 0. The molecule has 1 aromatic rings. The third-order valence-electron chi connectivity index (χ3n) is 5.66.